The molecule has 0 heterocycles. The first kappa shape index (κ1) is 20.9. The maximum atomic E-state index is 12.4. The van der Waals surface area contributed by atoms with Crippen molar-refractivity contribution in [2.45, 2.75) is 20.1 Å². The van der Waals surface area contributed by atoms with Crippen LogP contribution in [0.3, 0.4) is 0 Å². The summed E-state index contributed by atoms with van der Waals surface area (Å²) in [6.45, 7) is -1.87. The van der Waals surface area contributed by atoms with Gasteiger partial charge in [0, 0.05) is 6.92 Å². The van der Waals surface area contributed by atoms with Crippen molar-refractivity contribution in [1.29, 1.82) is 0 Å². The minimum Gasteiger partial charge on any atom is -0.493 e. The molecule has 2 aromatic carbocycles. The van der Waals surface area contributed by atoms with Crippen LogP contribution in [0.1, 0.15) is 18.1 Å². The third kappa shape index (κ3) is 6.39. The molecule has 0 aliphatic rings. The number of hydrogen-bond donors (Lipinski definition) is 1. The molecule has 148 valence electrons. The number of rotatable bonds is 8. The summed E-state index contributed by atoms with van der Waals surface area (Å²) >= 11 is 0. The Labute approximate surface area is 160 Å². The summed E-state index contributed by atoms with van der Waals surface area (Å²) in [4.78, 5) is 23.7. The van der Waals surface area contributed by atoms with Gasteiger partial charge in [0.1, 0.15) is 12.3 Å². The number of halogens is 2. The molecule has 1 N–H and O–H groups in total. The van der Waals surface area contributed by atoms with Gasteiger partial charge in [-0.3, -0.25) is 4.79 Å². The summed E-state index contributed by atoms with van der Waals surface area (Å²) in [7, 11) is 1.31. The van der Waals surface area contributed by atoms with Crippen molar-refractivity contribution < 1.29 is 32.6 Å². The van der Waals surface area contributed by atoms with E-state index in [-0.39, 0.29) is 23.8 Å². The van der Waals surface area contributed by atoms with Gasteiger partial charge in [-0.15, -0.1) is 0 Å². The van der Waals surface area contributed by atoms with Crippen LogP contribution in [0, 0.1) is 0 Å². The number of alkyl halides is 2. The van der Waals surface area contributed by atoms with Crippen LogP contribution in [-0.4, -0.2) is 25.6 Å². The Bertz CT molecular complexity index is 853. The summed E-state index contributed by atoms with van der Waals surface area (Å²) in [6.07, 6.45) is 1.49. The highest BCUT2D eigenvalue weighted by Gasteiger charge is 2.15. The standard InChI is InChI=1S/C20H19F2NO5/c1-13(24)23-16(10-14-6-4-3-5-7-14)19(25)27-12-15-8-9-17(28-20(21)22)18(11-15)26-2/h3-11,20H,12H2,1-2H3,(H,23,24)/b16-10-. The molecule has 0 aliphatic heterocycles. The van der Waals surface area contributed by atoms with Gasteiger partial charge in [0.2, 0.25) is 5.91 Å². The first-order chi connectivity index (χ1) is 13.4. The van der Waals surface area contributed by atoms with Crippen molar-refractivity contribution in [2.24, 2.45) is 0 Å². The highest BCUT2D eigenvalue weighted by molar-refractivity contribution is 5.97. The van der Waals surface area contributed by atoms with Gasteiger partial charge < -0.3 is 19.5 Å². The third-order valence-corrected chi connectivity index (χ3v) is 3.46. The molecule has 28 heavy (non-hydrogen) atoms. The van der Waals surface area contributed by atoms with E-state index in [0.717, 1.165) is 0 Å². The van der Waals surface area contributed by atoms with E-state index in [4.69, 9.17) is 9.47 Å². The van der Waals surface area contributed by atoms with E-state index in [1.54, 1.807) is 24.3 Å². The van der Waals surface area contributed by atoms with Gasteiger partial charge in [0.25, 0.3) is 0 Å². The minimum absolute atomic E-state index is 0.0247. The van der Waals surface area contributed by atoms with Crippen LogP contribution in [0.25, 0.3) is 6.08 Å². The van der Waals surface area contributed by atoms with Gasteiger partial charge >= 0.3 is 12.6 Å². The quantitative estimate of drug-likeness (QED) is 0.551. The number of ether oxygens (including phenoxy) is 3. The molecule has 1 amide bonds. The lowest BCUT2D eigenvalue weighted by Gasteiger charge is -2.12. The number of methoxy groups -OCH3 is 1. The molecule has 0 saturated carbocycles. The summed E-state index contributed by atoms with van der Waals surface area (Å²) in [5, 5.41) is 2.44. The van der Waals surface area contributed by atoms with Crippen LogP contribution in [-0.2, 0) is 20.9 Å². The van der Waals surface area contributed by atoms with E-state index in [1.807, 2.05) is 6.07 Å². The summed E-state index contributed by atoms with van der Waals surface area (Å²) in [6, 6.07) is 13.1. The average Bonchev–Trinajstić information content (AvgIpc) is 2.66. The fraction of sp³-hybridized carbons (Fsp3) is 0.200. The lowest BCUT2D eigenvalue weighted by Crippen LogP contribution is -2.26. The normalized spacial score (nSPS) is 11.1. The first-order valence-corrected chi connectivity index (χ1v) is 8.22. The molecule has 6 nitrogen and oxygen atoms in total. The van der Waals surface area contributed by atoms with E-state index in [2.05, 4.69) is 10.1 Å². The predicted molar refractivity (Wildman–Crippen MR) is 97.7 cm³/mol. The molecule has 0 unspecified atom stereocenters. The van der Waals surface area contributed by atoms with Crippen LogP contribution >= 0.6 is 0 Å². The minimum atomic E-state index is -2.99. The Morgan fingerprint density at radius 3 is 2.43 bits per heavy atom. The van der Waals surface area contributed by atoms with Gasteiger partial charge in [0.15, 0.2) is 11.5 Å². The molecular formula is C20H19F2NO5. The Hall–Kier alpha value is -3.42. The first-order valence-electron chi connectivity index (χ1n) is 8.22. The zero-order valence-electron chi connectivity index (χ0n) is 15.3. The van der Waals surface area contributed by atoms with E-state index in [0.29, 0.717) is 11.1 Å². The molecule has 0 saturated heterocycles. The smallest absolute Gasteiger partial charge is 0.387 e. The largest absolute Gasteiger partial charge is 0.493 e. The molecular weight excluding hydrogens is 372 g/mol. The number of carbonyl (C=O) groups excluding carboxylic acids is 2. The lowest BCUT2D eigenvalue weighted by molar-refractivity contribution is -0.141. The van der Waals surface area contributed by atoms with E-state index in [9.17, 15) is 18.4 Å². The fourth-order valence-corrected chi connectivity index (χ4v) is 2.27. The number of benzene rings is 2. The Morgan fingerprint density at radius 1 is 1.11 bits per heavy atom. The van der Waals surface area contributed by atoms with E-state index in [1.165, 1.54) is 38.3 Å². The fourth-order valence-electron chi connectivity index (χ4n) is 2.27. The van der Waals surface area contributed by atoms with Gasteiger partial charge in [-0.2, -0.15) is 8.78 Å². The number of hydrogen-bond acceptors (Lipinski definition) is 5. The number of nitrogens with one attached hydrogen (secondary N) is 1. The van der Waals surface area contributed by atoms with Crippen molar-refractivity contribution in [3.05, 3.63) is 65.4 Å². The van der Waals surface area contributed by atoms with Gasteiger partial charge in [0.05, 0.1) is 7.11 Å². The van der Waals surface area contributed by atoms with Gasteiger partial charge in [-0.1, -0.05) is 36.4 Å². The summed E-state index contributed by atoms with van der Waals surface area (Å²) in [5.41, 5.74) is 1.18. The maximum absolute atomic E-state index is 12.4. The molecule has 0 atom stereocenters. The molecule has 2 rings (SSSR count). The van der Waals surface area contributed by atoms with Crippen LogP contribution in [0.4, 0.5) is 8.78 Å². The number of carbonyl (C=O) groups is 2. The highest BCUT2D eigenvalue weighted by Crippen LogP contribution is 2.29. The van der Waals surface area contributed by atoms with Crippen LogP contribution in [0.15, 0.2) is 54.2 Å². The van der Waals surface area contributed by atoms with Gasteiger partial charge in [-0.05, 0) is 29.3 Å². The Balaban J connectivity index is 2.11. The lowest BCUT2D eigenvalue weighted by atomic mass is 10.2. The maximum Gasteiger partial charge on any atom is 0.387 e. The zero-order valence-corrected chi connectivity index (χ0v) is 15.3. The second-order valence-corrected chi connectivity index (χ2v) is 5.59. The summed E-state index contributed by atoms with van der Waals surface area (Å²) < 4.78 is 39.3. The molecule has 0 bridgehead atoms. The molecule has 0 fully saturated rings. The third-order valence-electron chi connectivity index (χ3n) is 3.46. The number of esters is 1. The Morgan fingerprint density at radius 2 is 1.82 bits per heavy atom. The highest BCUT2D eigenvalue weighted by atomic mass is 19.3. The summed E-state index contributed by atoms with van der Waals surface area (Å²) in [5.74, 6) is -1.22. The second kappa shape index (κ2) is 10.1. The molecule has 0 radical (unpaired) electrons. The monoisotopic (exact) mass is 391 g/mol. The SMILES string of the molecule is COc1cc(COC(=O)/C(=C/c2ccccc2)NC(C)=O)ccc1OC(F)F. The zero-order chi connectivity index (χ0) is 20.5. The molecule has 0 spiro atoms. The van der Waals surface area contributed by atoms with Crippen molar-refractivity contribution in [3.63, 3.8) is 0 Å². The van der Waals surface area contributed by atoms with E-state index < -0.39 is 18.5 Å². The molecule has 0 aliphatic carbocycles. The number of amides is 1. The molecule has 8 heteroatoms. The molecule has 0 aromatic heterocycles. The Kier molecular flexibility index (Phi) is 7.50. The topological polar surface area (TPSA) is 73.9 Å². The van der Waals surface area contributed by atoms with Gasteiger partial charge in [-0.25, -0.2) is 4.79 Å². The van der Waals surface area contributed by atoms with Crippen LogP contribution in [0.5, 0.6) is 11.5 Å². The average molecular weight is 391 g/mol. The predicted octanol–water partition coefficient (Wildman–Crippen LogP) is 3.52. The van der Waals surface area contributed by atoms with Crippen molar-refractivity contribution in [3.8, 4) is 11.5 Å². The van der Waals surface area contributed by atoms with Crippen LogP contribution in [0.2, 0.25) is 0 Å². The second-order valence-electron chi connectivity index (χ2n) is 5.59. The van der Waals surface area contributed by atoms with Crippen molar-refractivity contribution >= 4 is 18.0 Å². The van der Waals surface area contributed by atoms with Crippen molar-refractivity contribution in [2.75, 3.05) is 7.11 Å². The van der Waals surface area contributed by atoms with Crippen LogP contribution < -0.4 is 14.8 Å². The van der Waals surface area contributed by atoms with Crippen molar-refractivity contribution in [1.82, 2.24) is 5.32 Å². The van der Waals surface area contributed by atoms with E-state index >= 15 is 0 Å². The molecule has 2 aromatic rings.